The number of para-hydroxylation sites is 1. The van der Waals surface area contributed by atoms with Gasteiger partial charge in [0.2, 0.25) is 15.9 Å². The van der Waals surface area contributed by atoms with Crippen molar-refractivity contribution in [1.82, 2.24) is 5.32 Å². The first-order valence-corrected chi connectivity index (χ1v) is 11.9. The molecule has 0 saturated carbocycles. The number of methoxy groups -OCH3 is 1. The highest BCUT2D eigenvalue weighted by Crippen LogP contribution is 2.23. The smallest absolute Gasteiger partial charge is 0.253 e. The molecule has 0 aliphatic rings. The molecule has 0 aliphatic carbocycles. The lowest BCUT2D eigenvalue weighted by Crippen LogP contribution is -2.37. The molecule has 0 fully saturated rings. The topological polar surface area (TPSA) is 114 Å². The Balaban J connectivity index is 2.16. The molecule has 0 spiro atoms. The van der Waals surface area contributed by atoms with Crippen molar-refractivity contribution in [2.75, 3.05) is 42.7 Å². The minimum atomic E-state index is -3.74. The number of amides is 2. The normalized spacial score (nSPS) is 11.2. The number of ether oxygens (including phenoxy) is 2. The van der Waals surface area contributed by atoms with Crippen LogP contribution in [0.2, 0.25) is 0 Å². The molecule has 2 rings (SSSR count). The SMILES string of the molecule is COCCNC(=O)c1ccccc1NC(=O)CN(c1ccc(OC(C)C)cc1)S(C)(=O)=O. The molecular formula is C22H29N3O6S. The fourth-order valence-corrected chi connectivity index (χ4v) is 3.69. The Hall–Kier alpha value is -3.11. The largest absolute Gasteiger partial charge is 0.491 e. The van der Waals surface area contributed by atoms with Crippen molar-refractivity contribution in [3.63, 3.8) is 0 Å². The molecule has 0 heterocycles. The molecule has 2 N–H and O–H groups in total. The molecule has 174 valence electrons. The van der Waals surface area contributed by atoms with E-state index in [1.807, 2.05) is 13.8 Å². The van der Waals surface area contributed by atoms with E-state index >= 15 is 0 Å². The van der Waals surface area contributed by atoms with Gasteiger partial charge in [0.25, 0.3) is 5.91 Å². The van der Waals surface area contributed by atoms with Crippen LogP contribution in [0.4, 0.5) is 11.4 Å². The number of nitrogens with one attached hydrogen (secondary N) is 2. The number of hydrogen-bond donors (Lipinski definition) is 2. The third kappa shape index (κ3) is 7.54. The first-order valence-electron chi connectivity index (χ1n) is 10.0. The van der Waals surface area contributed by atoms with Crippen molar-refractivity contribution in [1.29, 1.82) is 0 Å². The standard InChI is InChI=1S/C22H29N3O6S/c1-16(2)31-18-11-9-17(10-12-18)25(32(4,28)29)15-21(26)24-20-8-6-5-7-19(20)22(27)23-13-14-30-3/h5-12,16H,13-15H2,1-4H3,(H,23,27)(H,24,26). The second kappa shape index (κ2) is 11.5. The summed E-state index contributed by atoms with van der Waals surface area (Å²) in [4.78, 5) is 25.1. The third-order valence-corrected chi connectivity index (χ3v) is 5.36. The van der Waals surface area contributed by atoms with Crippen molar-refractivity contribution in [2.45, 2.75) is 20.0 Å². The van der Waals surface area contributed by atoms with Crippen molar-refractivity contribution in [2.24, 2.45) is 0 Å². The maximum absolute atomic E-state index is 12.7. The van der Waals surface area contributed by atoms with Crippen molar-refractivity contribution >= 4 is 33.2 Å². The molecule has 9 nitrogen and oxygen atoms in total. The highest BCUT2D eigenvalue weighted by molar-refractivity contribution is 7.92. The van der Waals surface area contributed by atoms with Crippen LogP contribution in [0.15, 0.2) is 48.5 Å². The van der Waals surface area contributed by atoms with Gasteiger partial charge in [-0.15, -0.1) is 0 Å². The van der Waals surface area contributed by atoms with Crippen LogP contribution in [0.3, 0.4) is 0 Å². The molecule has 0 saturated heterocycles. The first-order chi connectivity index (χ1) is 15.1. The Kier molecular flexibility index (Phi) is 9.03. The second-order valence-corrected chi connectivity index (χ2v) is 9.18. The first kappa shape index (κ1) is 25.2. The zero-order chi connectivity index (χ0) is 23.7. The number of benzene rings is 2. The van der Waals surface area contributed by atoms with Gasteiger partial charge in [0.05, 0.1) is 35.9 Å². The second-order valence-electron chi connectivity index (χ2n) is 7.27. The maximum Gasteiger partial charge on any atom is 0.253 e. The number of anilines is 2. The van der Waals surface area contributed by atoms with Gasteiger partial charge in [-0.1, -0.05) is 12.1 Å². The lowest BCUT2D eigenvalue weighted by Gasteiger charge is -2.22. The predicted molar refractivity (Wildman–Crippen MR) is 124 cm³/mol. The number of carbonyl (C=O) groups excluding carboxylic acids is 2. The van der Waals surface area contributed by atoms with Crippen LogP contribution < -0.4 is 19.7 Å². The fraction of sp³-hybridized carbons (Fsp3) is 0.364. The van der Waals surface area contributed by atoms with E-state index in [9.17, 15) is 18.0 Å². The lowest BCUT2D eigenvalue weighted by atomic mass is 10.1. The van der Waals surface area contributed by atoms with Crippen LogP contribution in [0.5, 0.6) is 5.75 Å². The average molecular weight is 464 g/mol. The summed E-state index contributed by atoms with van der Waals surface area (Å²) in [5.41, 5.74) is 0.865. The van der Waals surface area contributed by atoms with Gasteiger partial charge < -0.3 is 20.1 Å². The summed E-state index contributed by atoms with van der Waals surface area (Å²) in [6, 6.07) is 12.9. The number of rotatable bonds is 11. The molecule has 2 aromatic rings. The van der Waals surface area contributed by atoms with Gasteiger partial charge in [-0.2, -0.15) is 0 Å². The summed E-state index contributed by atoms with van der Waals surface area (Å²) < 4.78 is 36.2. The quantitative estimate of drug-likeness (QED) is 0.494. The Bertz CT molecular complexity index is 1020. The molecule has 0 unspecified atom stereocenters. The predicted octanol–water partition coefficient (Wildman–Crippen LogP) is 2.25. The van der Waals surface area contributed by atoms with Gasteiger partial charge in [0.1, 0.15) is 12.3 Å². The zero-order valence-corrected chi connectivity index (χ0v) is 19.4. The minimum Gasteiger partial charge on any atom is -0.491 e. The lowest BCUT2D eigenvalue weighted by molar-refractivity contribution is -0.114. The van der Waals surface area contributed by atoms with Gasteiger partial charge in [-0.3, -0.25) is 13.9 Å². The zero-order valence-electron chi connectivity index (χ0n) is 18.6. The Morgan fingerprint density at radius 1 is 1.06 bits per heavy atom. The molecule has 32 heavy (non-hydrogen) atoms. The number of carbonyl (C=O) groups is 2. The van der Waals surface area contributed by atoms with Crippen LogP contribution in [0.1, 0.15) is 24.2 Å². The Morgan fingerprint density at radius 3 is 2.31 bits per heavy atom. The van der Waals surface area contributed by atoms with Gasteiger partial charge >= 0.3 is 0 Å². The summed E-state index contributed by atoms with van der Waals surface area (Å²) in [6.07, 6.45) is 1.00. The summed E-state index contributed by atoms with van der Waals surface area (Å²) in [6.45, 7) is 3.98. The van der Waals surface area contributed by atoms with Gasteiger partial charge in [-0.05, 0) is 50.2 Å². The van der Waals surface area contributed by atoms with Crippen LogP contribution in [-0.2, 0) is 19.6 Å². The summed E-state index contributed by atoms with van der Waals surface area (Å²) in [5, 5.41) is 5.32. The summed E-state index contributed by atoms with van der Waals surface area (Å²) >= 11 is 0. The molecule has 0 aromatic heterocycles. The molecule has 0 atom stereocenters. The summed E-state index contributed by atoms with van der Waals surface area (Å²) in [7, 11) is -2.22. The van der Waals surface area contributed by atoms with Gasteiger partial charge in [-0.25, -0.2) is 8.42 Å². The van der Waals surface area contributed by atoms with E-state index in [1.54, 1.807) is 48.5 Å². The van der Waals surface area contributed by atoms with E-state index < -0.39 is 22.5 Å². The molecule has 2 aromatic carbocycles. The molecule has 10 heteroatoms. The monoisotopic (exact) mass is 463 g/mol. The summed E-state index contributed by atoms with van der Waals surface area (Å²) in [5.74, 6) is -0.371. The highest BCUT2D eigenvalue weighted by Gasteiger charge is 2.22. The Labute approximate surface area is 188 Å². The highest BCUT2D eigenvalue weighted by atomic mass is 32.2. The molecule has 0 radical (unpaired) electrons. The van der Waals surface area contributed by atoms with E-state index in [0.29, 0.717) is 24.6 Å². The Morgan fingerprint density at radius 2 is 1.72 bits per heavy atom. The van der Waals surface area contributed by atoms with Crippen LogP contribution >= 0.6 is 0 Å². The fourth-order valence-electron chi connectivity index (χ4n) is 2.84. The van der Waals surface area contributed by atoms with E-state index in [2.05, 4.69) is 10.6 Å². The minimum absolute atomic E-state index is 0.0237. The molecule has 0 bridgehead atoms. The van der Waals surface area contributed by atoms with E-state index in [-0.39, 0.29) is 23.3 Å². The van der Waals surface area contributed by atoms with Crippen molar-refractivity contribution < 1.29 is 27.5 Å². The van der Waals surface area contributed by atoms with E-state index in [0.717, 1.165) is 10.6 Å². The number of hydrogen-bond acceptors (Lipinski definition) is 6. The van der Waals surface area contributed by atoms with E-state index in [1.165, 1.54) is 7.11 Å². The van der Waals surface area contributed by atoms with Crippen LogP contribution in [0.25, 0.3) is 0 Å². The van der Waals surface area contributed by atoms with Crippen LogP contribution in [-0.4, -0.2) is 59.4 Å². The van der Waals surface area contributed by atoms with Crippen LogP contribution in [0, 0.1) is 0 Å². The van der Waals surface area contributed by atoms with Gasteiger partial charge in [0.15, 0.2) is 0 Å². The molecule has 0 aliphatic heterocycles. The number of sulfonamides is 1. The maximum atomic E-state index is 12.7. The van der Waals surface area contributed by atoms with Gasteiger partial charge in [0, 0.05) is 13.7 Å². The van der Waals surface area contributed by atoms with Crippen molar-refractivity contribution in [3.05, 3.63) is 54.1 Å². The molecule has 2 amide bonds. The van der Waals surface area contributed by atoms with E-state index in [4.69, 9.17) is 9.47 Å². The van der Waals surface area contributed by atoms with Crippen molar-refractivity contribution in [3.8, 4) is 5.75 Å². The average Bonchev–Trinajstić information content (AvgIpc) is 2.72. The molecular weight excluding hydrogens is 434 g/mol. The number of nitrogens with zero attached hydrogens (tertiary/aromatic N) is 1. The third-order valence-electron chi connectivity index (χ3n) is 4.22.